The Balaban J connectivity index is 2.42. The molecule has 0 fully saturated rings. The highest BCUT2D eigenvalue weighted by molar-refractivity contribution is 7.02. The van der Waals surface area contributed by atoms with Crippen LogP contribution in [0.1, 0.15) is 0 Å². The van der Waals surface area contributed by atoms with Crippen LogP contribution in [0.5, 0.6) is 5.75 Å². The Morgan fingerprint density at radius 2 is 2.00 bits per heavy atom. The van der Waals surface area contributed by atoms with Crippen LogP contribution in [0.2, 0.25) is 12.6 Å². The van der Waals surface area contributed by atoms with Crippen molar-refractivity contribution < 1.29 is 5.11 Å². The van der Waals surface area contributed by atoms with Crippen LogP contribution in [-0.4, -0.2) is 13.2 Å². The van der Waals surface area contributed by atoms with Gasteiger partial charge in [-0.1, -0.05) is 31.3 Å². The molecule has 0 amide bonds. The van der Waals surface area contributed by atoms with E-state index in [-0.39, 0.29) is 0 Å². The van der Waals surface area contributed by atoms with Crippen molar-refractivity contribution in [3.63, 3.8) is 0 Å². The molecule has 1 N–H and O–H groups in total. The number of rotatable bonds is 2. The minimum atomic E-state index is -1.95. The molecule has 3 rings (SSSR count). The average Bonchev–Trinajstić information content (AvgIpc) is 2.42. The van der Waals surface area contributed by atoms with Crippen molar-refractivity contribution in [1.82, 2.24) is 0 Å². The highest BCUT2D eigenvalue weighted by atomic mass is 28.3. The summed E-state index contributed by atoms with van der Waals surface area (Å²) in [6.07, 6.45) is 1.98. The second-order valence-corrected chi connectivity index (χ2v) is 9.64. The summed E-state index contributed by atoms with van der Waals surface area (Å²) >= 11 is 0. The molecule has 2 aromatic rings. The van der Waals surface area contributed by atoms with Gasteiger partial charge in [0.1, 0.15) is 13.8 Å². The lowest BCUT2D eigenvalue weighted by Gasteiger charge is -2.31. The van der Waals surface area contributed by atoms with Gasteiger partial charge in [0.2, 0.25) is 0 Å². The van der Waals surface area contributed by atoms with Crippen molar-refractivity contribution in [2.45, 2.75) is 12.6 Å². The van der Waals surface area contributed by atoms with Crippen molar-refractivity contribution >= 4 is 30.7 Å². The van der Waals surface area contributed by atoms with Gasteiger partial charge in [0.25, 0.3) is 0 Å². The Labute approximate surface area is 119 Å². The average molecular weight is 279 g/mol. The second-order valence-electron chi connectivity index (χ2n) is 5.49. The van der Waals surface area contributed by atoms with Crippen LogP contribution in [0.15, 0.2) is 54.0 Å². The lowest BCUT2D eigenvalue weighted by molar-refractivity contribution is 0.476. The van der Waals surface area contributed by atoms with Crippen molar-refractivity contribution in [1.29, 1.82) is 0 Å². The monoisotopic (exact) mass is 279 g/mol. The van der Waals surface area contributed by atoms with Gasteiger partial charge < -0.3 is 5.11 Å². The van der Waals surface area contributed by atoms with E-state index in [1.165, 1.54) is 10.4 Å². The lowest BCUT2D eigenvalue weighted by atomic mass is 10.2. The second kappa shape index (κ2) is 4.46. The number of phenolic OH excluding ortho intramolecular Hbond substituents is 1. The summed E-state index contributed by atoms with van der Waals surface area (Å²) in [6.45, 7) is 10.3. The first-order valence-electron chi connectivity index (χ1n) is 6.67. The fourth-order valence-corrected chi connectivity index (χ4v) is 6.66. The fourth-order valence-electron chi connectivity index (χ4n) is 2.97. The first-order chi connectivity index (χ1) is 9.54. The molecule has 3 heteroatoms. The van der Waals surface area contributed by atoms with Crippen molar-refractivity contribution in [3.05, 3.63) is 59.6 Å². The quantitative estimate of drug-likeness (QED) is 0.655. The number of benzene rings is 2. The molecule has 0 saturated heterocycles. The molecule has 0 saturated carbocycles. The van der Waals surface area contributed by atoms with Gasteiger partial charge in [-0.15, -0.1) is 6.58 Å². The lowest BCUT2D eigenvalue weighted by Crippen LogP contribution is -2.63. The summed E-state index contributed by atoms with van der Waals surface area (Å²) in [5, 5.41) is 14.3. The van der Waals surface area contributed by atoms with E-state index < -0.39 is 8.07 Å². The van der Waals surface area contributed by atoms with Crippen molar-refractivity contribution in [2.24, 2.45) is 4.99 Å². The van der Waals surface area contributed by atoms with Crippen LogP contribution in [-0.2, 0) is 0 Å². The summed E-state index contributed by atoms with van der Waals surface area (Å²) in [7, 11) is -1.95. The Morgan fingerprint density at radius 3 is 2.75 bits per heavy atom. The van der Waals surface area contributed by atoms with E-state index in [4.69, 9.17) is 4.99 Å². The van der Waals surface area contributed by atoms with E-state index in [2.05, 4.69) is 25.8 Å². The SMILES string of the molecule is C=CC[Si]1(C)c2cc(O)ccc2N=c2ccc(=C)cc21. The number of fused-ring (bicyclic) bond motifs is 2. The number of hydrogen-bond donors (Lipinski definition) is 1. The molecule has 2 nitrogen and oxygen atoms in total. The smallest absolute Gasteiger partial charge is 0.124 e. The third-order valence-corrected chi connectivity index (χ3v) is 8.31. The minimum absolute atomic E-state index is 0.302. The molecule has 2 aromatic carbocycles. The first-order valence-corrected chi connectivity index (χ1v) is 9.38. The molecular weight excluding hydrogens is 262 g/mol. The molecule has 1 atom stereocenters. The number of phenols is 1. The zero-order valence-corrected chi connectivity index (χ0v) is 12.6. The van der Waals surface area contributed by atoms with E-state index >= 15 is 0 Å². The van der Waals surface area contributed by atoms with Gasteiger partial charge in [-0.05, 0) is 45.9 Å². The molecule has 1 heterocycles. The van der Waals surface area contributed by atoms with E-state index in [1.807, 2.05) is 30.3 Å². The molecule has 20 heavy (non-hydrogen) atoms. The topological polar surface area (TPSA) is 32.6 Å². The normalized spacial score (nSPS) is 19.6. The highest BCUT2D eigenvalue weighted by Gasteiger charge is 2.36. The predicted octanol–water partition coefficient (Wildman–Crippen LogP) is 1.45. The van der Waals surface area contributed by atoms with Gasteiger partial charge in [-0.3, -0.25) is 0 Å². The number of hydrogen-bond acceptors (Lipinski definition) is 2. The van der Waals surface area contributed by atoms with Crippen molar-refractivity contribution in [3.8, 4) is 5.75 Å². The van der Waals surface area contributed by atoms with Crippen LogP contribution < -0.4 is 20.9 Å². The van der Waals surface area contributed by atoms with Gasteiger partial charge >= 0.3 is 0 Å². The van der Waals surface area contributed by atoms with Crippen LogP contribution in [0, 0.1) is 0 Å². The number of nitrogens with zero attached hydrogens (tertiary/aromatic N) is 1. The van der Waals surface area contributed by atoms with E-state index in [0.29, 0.717) is 5.75 Å². The number of allylic oxidation sites excluding steroid dienone is 1. The molecule has 1 aliphatic rings. The largest absolute Gasteiger partial charge is 0.508 e. The third-order valence-electron chi connectivity index (χ3n) is 4.02. The molecule has 0 aliphatic carbocycles. The molecular formula is C17H17NOSi. The summed E-state index contributed by atoms with van der Waals surface area (Å²) in [5.41, 5.74) is 0.975. The summed E-state index contributed by atoms with van der Waals surface area (Å²) in [6, 6.07) is 12.6. The van der Waals surface area contributed by atoms with Gasteiger partial charge in [0.15, 0.2) is 0 Å². The standard InChI is InChI=1S/C17H17NOSi/c1-4-9-20(3)16-10-12(2)5-7-14(16)18-15-8-6-13(19)11-17(15)20/h4-8,10-11,19H,1-2,9H2,3H3. The van der Waals surface area contributed by atoms with Gasteiger partial charge in [0.05, 0.1) is 11.0 Å². The highest BCUT2D eigenvalue weighted by Crippen LogP contribution is 2.23. The Kier molecular flexibility index (Phi) is 2.87. The zero-order valence-electron chi connectivity index (χ0n) is 11.6. The molecule has 0 bridgehead atoms. The summed E-state index contributed by atoms with van der Waals surface area (Å²) < 4.78 is 0. The molecule has 1 unspecified atom stereocenters. The maximum absolute atomic E-state index is 9.83. The van der Waals surface area contributed by atoms with Crippen LogP contribution in [0.4, 0.5) is 5.69 Å². The molecule has 0 radical (unpaired) electrons. The van der Waals surface area contributed by atoms with Crippen LogP contribution in [0.25, 0.3) is 6.58 Å². The van der Waals surface area contributed by atoms with Gasteiger partial charge in [-0.25, -0.2) is 4.99 Å². The maximum Gasteiger partial charge on any atom is 0.124 e. The van der Waals surface area contributed by atoms with E-state index in [0.717, 1.165) is 22.3 Å². The predicted molar refractivity (Wildman–Crippen MR) is 86.4 cm³/mol. The van der Waals surface area contributed by atoms with E-state index in [1.54, 1.807) is 6.07 Å². The summed E-state index contributed by atoms with van der Waals surface area (Å²) in [5.74, 6) is 0.302. The zero-order chi connectivity index (χ0) is 14.3. The molecule has 0 aromatic heterocycles. The fraction of sp³-hybridized carbons (Fsp3) is 0.118. The Morgan fingerprint density at radius 1 is 1.20 bits per heavy atom. The van der Waals surface area contributed by atoms with Crippen molar-refractivity contribution in [2.75, 3.05) is 0 Å². The minimum Gasteiger partial charge on any atom is -0.508 e. The Bertz CT molecular complexity index is 812. The Hall–Kier alpha value is -2.13. The van der Waals surface area contributed by atoms with Crippen LogP contribution in [0.3, 0.4) is 0 Å². The maximum atomic E-state index is 9.83. The number of aromatic hydroxyl groups is 1. The third kappa shape index (κ3) is 1.82. The van der Waals surface area contributed by atoms with Gasteiger partial charge in [0, 0.05) is 0 Å². The first kappa shape index (κ1) is 12.9. The summed E-state index contributed by atoms with van der Waals surface area (Å²) in [4.78, 5) is 4.73. The van der Waals surface area contributed by atoms with Crippen LogP contribution >= 0.6 is 0 Å². The van der Waals surface area contributed by atoms with E-state index in [9.17, 15) is 5.11 Å². The molecule has 100 valence electrons. The molecule has 1 aliphatic heterocycles. The molecule has 0 spiro atoms. The van der Waals surface area contributed by atoms with Gasteiger partial charge in [-0.2, -0.15) is 0 Å².